The third-order valence-electron chi connectivity index (χ3n) is 4.44. The number of hydrogen-bond acceptors (Lipinski definition) is 5. The average Bonchev–Trinajstić information content (AvgIpc) is 3.23. The fourth-order valence-electron chi connectivity index (χ4n) is 2.73. The van der Waals surface area contributed by atoms with Crippen LogP contribution in [0, 0.1) is 0 Å². The number of sulfone groups is 1. The highest BCUT2D eigenvalue weighted by atomic mass is 35.5. The molecule has 24 heavy (non-hydrogen) atoms. The second-order valence-corrected chi connectivity index (χ2v) is 8.88. The van der Waals surface area contributed by atoms with E-state index in [0.29, 0.717) is 10.9 Å². The van der Waals surface area contributed by atoms with Gasteiger partial charge in [-0.25, -0.2) is 8.42 Å². The Kier molecular flexibility index (Phi) is 3.65. The van der Waals surface area contributed by atoms with Crippen molar-refractivity contribution in [3.05, 3.63) is 46.8 Å². The maximum atomic E-state index is 12.5. The van der Waals surface area contributed by atoms with Gasteiger partial charge in [-0.1, -0.05) is 16.8 Å². The van der Waals surface area contributed by atoms with Crippen LogP contribution in [0.2, 0.25) is 5.02 Å². The fourth-order valence-corrected chi connectivity index (χ4v) is 4.51. The summed E-state index contributed by atoms with van der Waals surface area (Å²) < 4.78 is 30.2. The zero-order chi connectivity index (χ0) is 16.9. The number of likely N-dealkylation sites (tertiary alicyclic amines) is 1. The van der Waals surface area contributed by atoms with Gasteiger partial charge in [0.05, 0.1) is 4.90 Å². The highest BCUT2D eigenvalue weighted by molar-refractivity contribution is 7.92. The van der Waals surface area contributed by atoms with E-state index in [-0.39, 0.29) is 29.6 Å². The number of carbonyl (C=O) groups excluding carboxylic acids is 1. The lowest BCUT2D eigenvalue weighted by molar-refractivity contribution is 0.0648. The van der Waals surface area contributed by atoms with Gasteiger partial charge in [-0.3, -0.25) is 4.79 Å². The molecule has 1 saturated carbocycles. The quantitative estimate of drug-likeness (QED) is 0.830. The van der Waals surface area contributed by atoms with Crippen molar-refractivity contribution >= 4 is 27.3 Å². The Balaban J connectivity index is 1.43. The topological polar surface area (TPSA) is 80.5 Å². The lowest BCUT2D eigenvalue weighted by Gasteiger charge is -2.38. The first-order valence-corrected chi connectivity index (χ1v) is 9.63. The first-order chi connectivity index (χ1) is 11.4. The third kappa shape index (κ3) is 2.71. The van der Waals surface area contributed by atoms with E-state index in [1.165, 1.54) is 17.0 Å². The van der Waals surface area contributed by atoms with Crippen LogP contribution in [0.4, 0.5) is 0 Å². The van der Waals surface area contributed by atoms with Crippen molar-refractivity contribution in [2.24, 2.45) is 0 Å². The second-order valence-electron chi connectivity index (χ2n) is 6.22. The van der Waals surface area contributed by atoms with Gasteiger partial charge >= 0.3 is 0 Å². The van der Waals surface area contributed by atoms with Gasteiger partial charge in [0.15, 0.2) is 15.5 Å². The predicted octanol–water partition coefficient (Wildman–Crippen LogP) is 2.50. The molecule has 0 unspecified atom stereocenters. The second kappa shape index (κ2) is 5.60. The Morgan fingerprint density at radius 3 is 2.50 bits per heavy atom. The van der Waals surface area contributed by atoms with Crippen LogP contribution in [-0.2, 0) is 9.84 Å². The van der Waals surface area contributed by atoms with Crippen molar-refractivity contribution in [1.82, 2.24) is 10.1 Å². The van der Waals surface area contributed by atoms with Gasteiger partial charge in [0.2, 0.25) is 0 Å². The number of halogens is 1. The molecule has 126 valence electrons. The molecule has 1 amide bonds. The molecular formula is C16H15ClN2O4S. The molecule has 4 rings (SSSR count). The van der Waals surface area contributed by atoms with Gasteiger partial charge in [0, 0.05) is 30.1 Å². The molecule has 2 aliphatic rings. The van der Waals surface area contributed by atoms with Crippen molar-refractivity contribution in [3.63, 3.8) is 0 Å². The number of rotatable bonds is 4. The highest BCUT2D eigenvalue weighted by Gasteiger charge is 2.41. The summed E-state index contributed by atoms with van der Waals surface area (Å²) in [5, 5.41) is 3.69. The Morgan fingerprint density at radius 2 is 1.88 bits per heavy atom. The van der Waals surface area contributed by atoms with Gasteiger partial charge in [-0.15, -0.1) is 0 Å². The van der Waals surface area contributed by atoms with Crippen LogP contribution >= 0.6 is 11.6 Å². The molecular weight excluding hydrogens is 352 g/mol. The van der Waals surface area contributed by atoms with E-state index >= 15 is 0 Å². The smallest absolute Gasteiger partial charge is 0.276 e. The van der Waals surface area contributed by atoms with Crippen LogP contribution in [0.5, 0.6) is 0 Å². The van der Waals surface area contributed by atoms with Crippen LogP contribution in [-0.4, -0.2) is 42.7 Å². The number of amides is 1. The van der Waals surface area contributed by atoms with E-state index < -0.39 is 15.1 Å². The van der Waals surface area contributed by atoms with Crippen LogP contribution in [0.3, 0.4) is 0 Å². The Hall–Kier alpha value is -1.86. The molecule has 0 N–H and O–H groups in total. The van der Waals surface area contributed by atoms with E-state index in [0.717, 1.165) is 18.6 Å². The Bertz CT molecular complexity index is 881. The van der Waals surface area contributed by atoms with Gasteiger partial charge in [0.1, 0.15) is 11.0 Å². The first-order valence-electron chi connectivity index (χ1n) is 7.70. The van der Waals surface area contributed by atoms with Crippen LogP contribution in [0.25, 0.3) is 0 Å². The summed E-state index contributed by atoms with van der Waals surface area (Å²) in [5.41, 5.74) is 0.249. The first kappa shape index (κ1) is 15.7. The molecule has 2 aromatic rings. The van der Waals surface area contributed by atoms with Crippen LogP contribution < -0.4 is 0 Å². The molecule has 2 heterocycles. The maximum Gasteiger partial charge on any atom is 0.276 e. The molecule has 0 spiro atoms. The molecule has 0 atom stereocenters. The van der Waals surface area contributed by atoms with Crippen molar-refractivity contribution in [3.8, 4) is 0 Å². The summed E-state index contributed by atoms with van der Waals surface area (Å²) in [6, 6.07) is 7.74. The Labute approximate surface area is 144 Å². The number of nitrogens with zero attached hydrogens (tertiary/aromatic N) is 2. The number of benzene rings is 1. The SMILES string of the molecule is O=C(c1cc(C2CC2)on1)N1CC(S(=O)(=O)c2ccc(Cl)cc2)C1. The summed E-state index contributed by atoms with van der Waals surface area (Å²) in [6.45, 7) is 0.324. The van der Waals surface area contributed by atoms with Gasteiger partial charge in [-0.2, -0.15) is 0 Å². The van der Waals surface area contributed by atoms with E-state index in [1.54, 1.807) is 18.2 Å². The molecule has 1 saturated heterocycles. The molecule has 2 fully saturated rings. The molecule has 0 radical (unpaired) electrons. The molecule has 1 aromatic heterocycles. The average molecular weight is 367 g/mol. The summed E-state index contributed by atoms with van der Waals surface area (Å²) >= 11 is 5.79. The van der Waals surface area contributed by atoms with E-state index in [2.05, 4.69) is 5.16 Å². The van der Waals surface area contributed by atoms with Crippen LogP contribution in [0.1, 0.15) is 35.0 Å². The minimum Gasteiger partial charge on any atom is -0.360 e. The third-order valence-corrected chi connectivity index (χ3v) is 6.80. The molecule has 1 aromatic carbocycles. The molecule has 0 bridgehead atoms. The van der Waals surface area contributed by atoms with E-state index in [9.17, 15) is 13.2 Å². The fraction of sp³-hybridized carbons (Fsp3) is 0.375. The van der Waals surface area contributed by atoms with Gasteiger partial charge < -0.3 is 9.42 Å². The number of carbonyl (C=O) groups is 1. The predicted molar refractivity (Wildman–Crippen MR) is 86.8 cm³/mol. The lowest BCUT2D eigenvalue weighted by atomic mass is 10.2. The van der Waals surface area contributed by atoms with Crippen molar-refractivity contribution in [2.45, 2.75) is 28.9 Å². The minimum atomic E-state index is -3.46. The standard InChI is InChI=1S/C16H15ClN2O4S/c17-11-3-5-12(6-4-11)24(21,22)13-8-19(9-13)16(20)14-7-15(23-18-14)10-1-2-10/h3-7,10,13H,1-2,8-9H2. The largest absolute Gasteiger partial charge is 0.360 e. The van der Waals surface area contributed by atoms with E-state index in [4.69, 9.17) is 16.1 Å². The van der Waals surface area contributed by atoms with Crippen molar-refractivity contribution in [2.75, 3.05) is 13.1 Å². The van der Waals surface area contributed by atoms with Crippen LogP contribution in [0.15, 0.2) is 39.8 Å². The van der Waals surface area contributed by atoms with Crippen molar-refractivity contribution in [1.29, 1.82) is 0 Å². The van der Waals surface area contributed by atoms with Gasteiger partial charge in [-0.05, 0) is 37.1 Å². The summed E-state index contributed by atoms with van der Waals surface area (Å²) in [4.78, 5) is 14.0. The number of aromatic nitrogens is 1. The normalized spacial score (nSPS) is 18.5. The zero-order valence-corrected chi connectivity index (χ0v) is 14.3. The highest BCUT2D eigenvalue weighted by Crippen LogP contribution is 2.40. The lowest BCUT2D eigenvalue weighted by Crippen LogP contribution is -2.56. The molecule has 1 aliphatic heterocycles. The monoisotopic (exact) mass is 366 g/mol. The summed E-state index contributed by atoms with van der Waals surface area (Å²) in [7, 11) is -3.46. The molecule has 8 heteroatoms. The molecule has 6 nitrogen and oxygen atoms in total. The zero-order valence-electron chi connectivity index (χ0n) is 12.7. The van der Waals surface area contributed by atoms with Crippen molar-refractivity contribution < 1.29 is 17.7 Å². The number of hydrogen-bond donors (Lipinski definition) is 0. The maximum absolute atomic E-state index is 12.5. The minimum absolute atomic E-state index is 0.162. The van der Waals surface area contributed by atoms with E-state index in [1.807, 2.05) is 0 Å². The van der Waals surface area contributed by atoms with Gasteiger partial charge in [0.25, 0.3) is 5.91 Å². The Morgan fingerprint density at radius 1 is 1.21 bits per heavy atom. The molecule has 1 aliphatic carbocycles. The summed E-state index contributed by atoms with van der Waals surface area (Å²) in [5.74, 6) is 0.839. The summed E-state index contributed by atoms with van der Waals surface area (Å²) in [6.07, 6.45) is 2.13.